The molecular weight excluding hydrogens is 304 g/mol. The van der Waals surface area contributed by atoms with Crippen molar-refractivity contribution in [2.75, 3.05) is 5.32 Å². The van der Waals surface area contributed by atoms with E-state index in [0.717, 1.165) is 11.5 Å². The SMILES string of the molecule is Cc1nsc(NC(=O)c2cc(Cl)ccc2O)c1C(=O)O. The van der Waals surface area contributed by atoms with Crippen LogP contribution in [0.25, 0.3) is 0 Å². The number of aromatic carboxylic acids is 1. The highest BCUT2D eigenvalue weighted by Gasteiger charge is 2.21. The van der Waals surface area contributed by atoms with Crippen LogP contribution in [-0.2, 0) is 0 Å². The van der Waals surface area contributed by atoms with E-state index in [2.05, 4.69) is 9.69 Å². The molecule has 0 spiro atoms. The standard InChI is InChI=1S/C12H9ClN2O4S/c1-5-9(12(18)19)11(20-15-5)14-10(17)7-4-6(13)2-3-8(7)16/h2-4,16H,1H3,(H,14,17)(H,18,19). The van der Waals surface area contributed by atoms with Gasteiger partial charge in [0.05, 0.1) is 11.3 Å². The number of aryl methyl sites for hydroxylation is 1. The molecule has 0 fully saturated rings. The molecule has 0 unspecified atom stereocenters. The molecule has 0 aliphatic heterocycles. The van der Waals surface area contributed by atoms with Crippen LogP contribution >= 0.6 is 23.1 Å². The van der Waals surface area contributed by atoms with Crippen LogP contribution in [0.4, 0.5) is 5.00 Å². The molecule has 6 nitrogen and oxygen atoms in total. The Morgan fingerprint density at radius 2 is 2.10 bits per heavy atom. The van der Waals surface area contributed by atoms with Crippen molar-refractivity contribution in [3.8, 4) is 5.75 Å². The van der Waals surface area contributed by atoms with E-state index in [1.807, 2.05) is 0 Å². The maximum absolute atomic E-state index is 12.0. The van der Waals surface area contributed by atoms with Gasteiger partial charge in [0.15, 0.2) is 0 Å². The number of halogens is 1. The number of carboxylic acid groups (broad SMARTS) is 1. The van der Waals surface area contributed by atoms with Crippen molar-refractivity contribution in [2.45, 2.75) is 6.92 Å². The molecule has 3 N–H and O–H groups in total. The Labute approximate surface area is 122 Å². The highest BCUT2D eigenvalue weighted by molar-refractivity contribution is 7.11. The molecule has 20 heavy (non-hydrogen) atoms. The first-order valence-electron chi connectivity index (χ1n) is 5.39. The lowest BCUT2D eigenvalue weighted by molar-refractivity contribution is 0.0697. The van der Waals surface area contributed by atoms with Gasteiger partial charge >= 0.3 is 5.97 Å². The van der Waals surface area contributed by atoms with E-state index in [0.29, 0.717) is 5.69 Å². The van der Waals surface area contributed by atoms with E-state index in [1.54, 1.807) is 0 Å². The molecule has 0 aliphatic rings. The monoisotopic (exact) mass is 312 g/mol. The number of carboxylic acids is 1. The zero-order valence-corrected chi connectivity index (χ0v) is 11.7. The highest BCUT2D eigenvalue weighted by Crippen LogP contribution is 2.27. The fraction of sp³-hybridized carbons (Fsp3) is 0.0833. The fourth-order valence-corrected chi connectivity index (χ4v) is 2.52. The fourth-order valence-electron chi connectivity index (χ4n) is 1.57. The summed E-state index contributed by atoms with van der Waals surface area (Å²) in [7, 11) is 0. The maximum Gasteiger partial charge on any atom is 0.340 e. The summed E-state index contributed by atoms with van der Waals surface area (Å²) in [6, 6.07) is 4.01. The summed E-state index contributed by atoms with van der Waals surface area (Å²) >= 11 is 6.61. The minimum Gasteiger partial charge on any atom is -0.507 e. The molecule has 0 saturated heterocycles. The number of phenolic OH excluding ortho intramolecular Hbond substituents is 1. The van der Waals surface area contributed by atoms with Gasteiger partial charge in [-0.2, -0.15) is 4.37 Å². The van der Waals surface area contributed by atoms with Crippen LogP contribution in [0.15, 0.2) is 18.2 Å². The van der Waals surface area contributed by atoms with Crippen molar-refractivity contribution in [1.82, 2.24) is 4.37 Å². The number of nitrogens with zero attached hydrogens (tertiary/aromatic N) is 1. The summed E-state index contributed by atoms with van der Waals surface area (Å²) in [6.07, 6.45) is 0. The number of aromatic nitrogens is 1. The van der Waals surface area contributed by atoms with E-state index in [9.17, 15) is 14.7 Å². The Hall–Kier alpha value is -2.12. The maximum atomic E-state index is 12.0. The average molecular weight is 313 g/mol. The summed E-state index contributed by atoms with van der Waals surface area (Å²) in [5, 5.41) is 21.5. The van der Waals surface area contributed by atoms with Crippen LogP contribution in [0.3, 0.4) is 0 Å². The summed E-state index contributed by atoms with van der Waals surface area (Å²) in [5.74, 6) is -2.08. The van der Waals surface area contributed by atoms with E-state index in [4.69, 9.17) is 16.7 Å². The third-order valence-electron chi connectivity index (χ3n) is 2.51. The van der Waals surface area contributed by atoms with E-state index >= 15 is 0 Å². The number of hydrogen-bond acceptors (Lipinski definition) is 5. The van der Waals surface area contributed by atoms with Gasteiger partial charge in [-0.25, -0.2) is 4.79 Å². The largest absolute Gasteiger partial charge is 0.507 e. The summed E-state index contributed by atoms with van der Waals surface area (Å²) < 4.78 is 3.88. The number of rotatable bonds is 3. The van der Waals surface area contributed by atoms with Crippen LogP contribution in [0.2, 0.25) is 5.02 Å². The minimum absolute atomic E-state index is 0.0418. The van der Waals surface area contributed by atoms with Gasteiger partial charge in [-0.3, -0.25) is 4.79 Å². The number of anilines is 1. The first-order chi connectivity index (χ1) is 9.40. The topological polar surface area (TPSA) is 99.5 Å². The molecular formula is C12H9ClN2O4S. The van der Waals surface area contributed by atoms with E-state index in [-0.39, 0.29) is 26.9 Å². The Kier molecular flexibility index (Phi) is 3.91. The second-order valence-electron chi connectivity index (χ2n) is 3.89. The molecule has 1 amide bonds. The highest BCUT2D eigenvalue weighted by atomic mass is 35.5. The number of phenols is 1. The van der Waals surface area contributed by atoms with Gasteiger partial charge in [-0.1, -0.05) is 11.6 Å². The van der Waals surface area contributed by atoms with Crippen molar-refractivity contribution >= 4 is 40.0 Å². The lowest BCUT2D eigenvalue weighted by Gasteiger charge is -2.06. The van der Waals surface area contributed by atoms with Gasteiger partial charge in [-0.05, 0) is 36.7 Å². The van der Waals surface area contributed by atoms with Crippen LogP contribution in [0.5, 0.6) is 5.75 Å². The third kappa shape index (κ3) is 2.73. The molecule has 2 aromatic rings. The number of nitrogens with one attached hydrogen (secondary N) is 1. The molecule has 2 rings (SSSR count). The third-order valence-corrected chi connectivity index (χ3v) is 3.60. The molecule has 0 saturated carbocycles. The zero-order chi connectivity index (χ0) is 14.9. The summed E-state index contributed by atoms with van der Waals surface area (Å²) in [5.41, 5.74) is 0.206. The number of aromatic hydroxyl groups is 1. The average Bonchev–Trinajstić information content (AvgIpc) is 2.73. The van der Waals surface area contributed by atoms with Crippen molar-refractivity contribution in [3.63, 3.8) is 0 Å². The molecule has 1 heterocycles. The van der Waals surface area contributed by atoms with Crippen LogP contribution in [0, 0.1) is 6.92 Å². The molecule has 104 valence electrons. The lowest BCUT2D eigenvalue weighted by atomic mass is 10.2. The van der Waals surface area contributed by atoms with Gasteiger partial charge < -0.3 is 15.5 Å². The van der Waals surface area contributed by atoms with Crippen molar-refractivity contribution in [2.24, 2.45) is 0 Å². The Morgan fingerprint density at radius 3 is 2.75 bits per heavy atom. The van der Waals surface area contributed by atoms with Crippen molar-refractivity contribution in [1.29, 1.82) is 0 Å². The number of hydrogen-bond donors (Lipinski definition) is 3. The van der Waals surface area contributed by atoms with Crippen LogP contribution < -0.4 is 5.32 Å². The van der Waals surface area contributed by atoms with Gasteiger partial charge in [-0.15, -0.1) is 0 Å². The Morgan fingerprint density at radius 1 is 1.40 bits per heavy atom. The first kappa shape index (κ1) is 14.3. The van der Waals surface area contributed by atoms with Crippen molar-refractivity contribution in [3.05, 3.63) is 40.0 Å². The molecule has 0 radical (unpaired) electrons. The molecule has 0 bridgehead atoms. The lowest BCUT2D eigenvalue weighted by Crippen LogP contribution is -2.13. The minimum atomic E-state index is -1.18. The molecule has 8 heteroatoms. The normalized spacial score (nSPS) is 10.3. The number of carbonyl (C=O) groups excluding carboxylic acids is 1. The molecule has 0 atom stereocenters. The van der Waals surface area contributed by atoms with Crippen LogP contribution in [-0.4, -0.2) is 26.5 Å². The van der Waals surface area contributed by atoms with Gasteiger partial charge in [0.1, 0.15) is 16.3 Å². The van der Waals surface area contributed by atoms with E-state index in [1.165, 1.54) is 25.1 Å². The quantitative estimate of drug-likeness (QED) is 0.809. The number of carbonyl (C=O) groups is 2. The zero-order valence-electron chi connectivity index (χ0n) is 10.2. The Balaban J connectivity index is 2.33. The molecule has 1 aromatic carbocycles. The predicted molar refractivity (Wildman–Crippen MR) is 74.9 cm³/mol. The smallest absolute Gasteiger partial charge is 0.340 e. The molecule has 0 aliphatic carbocycles. The van der Waals surface area contributed by atoms with E-state index < -0.39 is 11.9 Å². The first-order valence-corrected chi connectivity index (χ1v) is 6.54. The second kappa shape index (κ2) is 5.48. The Bertz CT molecular complexity index is 699. The number of amides is 1. The molecule has 1 aromatic heterocycles. The van der Waals surface area contributed by atoms with Gasteiger partial charge in [0, 0.05) is 5.02 Å². The summed E-state index contributed by atoms with van der Waals surface area (Å²) in [4.78, 5) is 23.1. The van der Waals surface area contributed by atoms with Gasteiger partial charge in [0.25, 0.3) is 5.91 Å². The van der Waals surface area contributed by atoms with Gasteiger partial charge in [0.2, 0.25) is 0 Å². The summed E-state index contributed by atoms with van der Waals surface area (Å²) in [6.45, 7) is 1.53. The predicted octanol–water partition coefficient (Wildman–Crippen LogP) is 2.76. The second-order valence-corrected chi connectivity index (χ2v) is 5.10. The van der Waals surface area contributed by atoms with Crippen molar-refractivity contribution < 1.29 is 19.8 Å². The number of benzene rings is 1. The van der Waals surface area contributed by atoms with Crippen LogP contribution in [0.1, 0.15) is 26.4 Å².